The van der Waals surface area contributed by atoms with E-state index in [0.29, 0.717) is 6.04 Å². The van der Waals surface area contributed by atoms with Crippen LogP contribution in [0.15, 0.2) is 0 Å². The summed E-state index contributed by atoms with van der Waals surface area (Å²) >= 11 is 0. The first-order valence-electron chi connectivity index (χ1n) is 7.28. The van der Waals surface area contributed by atoms with Crippen LogP contribution in [0.5, 0.6) is 0 Å². The zero-order valence-electron chi connectivity index (χ0n) is 11.2. The summed E-state index contributed by atoms with van der Waals surface area (Å²) in [5, 5.41) is 6.62. The van der Waals surface area contributed by atoms with Gasteiger partial charge in [-0.3, -0.25) is 4.79 Å². The molecule has 3 rings (SSSR count). The Labute approximate surface area is 109 Å². The Hall–Kier alpha value is -0.610. The number of rotatable bonds is 3. The summed E-state index contributed by atoms with van der Waals surface area (Å²) in [5.74, 6) is 0.926. The number of carbonyl (C=O) groups excluding carboxylic acids is 1. The van der Waals surface area contributed by atoms with Gasteiger partial charge in [-0.2, -0.15) is 0 Å². The highest BCUT2D eigenvalue weighted by molar-refractivity contribution is 5.82. The Morgan fingerprint density at radius 3 is 2.83 bits per heavy atom. The van der Waals surface area contributed by atoms with Crippen LogP contribution in [-0.2, 0) is 9.53 Å². The average Bonchev–Trinajstić information content (AvgIpc) is 2.77. The Morgan fingerprint density at radius 2 is 2.17 bits per heavy atom. The van der Waals surface area contributed by atoms with E-state index in [1.807, 2.05) is 0 Å². The van der Waals surface area contributed by atoms with E-state index in [0.717, 1.165) is 32.1 Å². The summed E-state index contributed by atoms with van der Waals surface area (Å²) in [6.07, 6.45) is 6.24. The van der Waals surface area contributed by atoms with E-state index in [4.69, 9.17) is 4.74 Å². The Morgan fingerprint density at radius 1 is 1.39 bits per heavy atom. The number of nitrogens with one attached hydrogen (secondary N) is 2. The SMILES string of the molecule is CC1(CNC(=O)C2CC3CCCCC3N2)COC1. The van der Waals surface area contributed by atoms with Gasteiger partial charge in [-0.1, -0.05) is 19.8 Å². The van der Waals surface area contributed by atoms with E-state index < -0.39 is 0 Å². The van der Waals surface area contributed by atoms with Crippen molar-refractivity contribution in [2.45, 2.75) is 51.1 Å². The van der Waals surface area contributed by atoms with Crippen LogP contribution in [0.2, 0.25) is 0 Å². The second-order valence-electron chi connectivity index (χ2n) is 6.63. The van der Waals surface area contributed by atoms with Crippen LogP contribution in [0.25, 0.3) is 0 Å². The molecule has 4 nitrogen and oxygen atoms in total. The standard InChI is InChI=1S/C14H24N2O2/c1-14(8-18-9-14)7-15-13(17)12-6-10-4-2-3-5-11(10)16-12/h10-12,16H,2-9H2,1H3,(H,15,17). The molecular weight excluding hydrogens is 228 g/mol. The smallest absolute Gasteiger partial charge is 0.237 e. The molecule has 1 aliphatic carbocycles. The number of hydrogen-bond donors (Lipinski definition) is 2. The van der Waals surface area contributed by atoms with E-state index in [1.54, 1.807) is 0 Å². The summed E-state index contributed by atoms with van der Waals surface area (Å²) in [6.45, 7) is 4.46. The highest BCUT2D eigenvalue weighted by atomic mass is 16.5. The minimum atomic E-state index is 0.0442. The normalized spacial score (nSPS) is 37.7. The Kier molecular flexibility index (Phi) is 3.32. The lowest BCUT2D eigenvalue weighted by Gasteiger charge is -2.38. The van der Waals surface area contributed by atoms with E-state index in [-0.39, 0.29) is 17.4 Å². The molecule has 0 bridgehead atoms. The molecule has 2 N–H and O–H groups in total. The second-order valence-corrected chi connectivity index (χ2v) is 6.63. The Balaban J connectivity index is 1.48. The lowest BCUT2D eigenvalue weighted by Crippen LogP contribution is -2.51. The largest absolute Gasteiger partial charge is 0.380 e. The van der Waals surface area contributed by atoms with Crippen molar-refractivity contribution in [1.29, 1.82) is 0 Å². The number of ether oxygens (including phenoxy) is 1. The molecule has 4 heteroatoms. The molecule has 3 atom stereocenters. The first-order valence-corrected chi connectivity index (χ1v) is 7.28. The third-order valence-corrected chi connectivity index (χ3v) is 4.77. The summed E-state index contributed by atoms with van der Waals surface area (Å²) in [4.78, 5) is 12.2. The molecule has 3 fully saturated rings. The quantitative estimate of drug-likeness (QED) is 0.789. The summed E-state index contributed by atoms with van der Waals surface area (Å²) in [5.41, 5.74) is 0.168. The molecule has 102 valence electrons. The third-order valence-electron chi connectivity index (χ3n) is 4.77. The van der Waals surface area contributed by atoms with Gasteiger partial charge in [0.2, 0.25) is 5.91 Å². The maximum absolute atomic E-state index is 12.2. The molecule has 0 spiro atoms. The first-order chi connectivity index (χ1) is 8.66. The van der Waals surface area contributed by atoms with E-state index in [1.165, 1.54) is 25.7 Å². The number of carbonyl (C=O) groups is 1. The zero-order valence-corrected chi connectivity index (χ0v) is 11.2. The van der Waals surface area contributed by atoms with Crippen molar-refractivity contribution in [2.24, 2.45) is 11.3 Å². The topological polar surface area (TPSA) is 50.4 Å². The van der Waals surface area contributed by atoms with Crippen LogP contribution in [0.1, 0.15) is 39.0 Å². The summed E-state index contributed by atoms with van der Waals surface area (Å²) in [6, 6.07) is 0.639. The molecular formula is C14H24N2O2. The van der Waals surface area contributed by atoms with Crippen LogP contribution in [-0.4, -0.2) is 37.7 Å². The molecule has 0 aromatic rings. The molecule has 3 unspecified atom stereocenters. The molecule has 3 aliphatic rings. The van der Waals surface area contributed by atoms with Gasteiger partial charge in [-0.15, -0.1) is 0 Å². The van der Waals surface area contributed by atoms with Crippen molar-refractivity contribution in [2.75, 3.05) is 19.8 Å². The third kappa shape index (κ3) is 2.41. The minimum Gasteiger partial charge on any atom is -0.380 e. The van der Waals surface area contributed by atoms with Gasteiger partial charge in [0.1, 0.15) is 0 Å². The number of fused-ring (bicyclic) bond motifs is 1. The van der Waals surface area contributed by atoms with Crippen LogP contribution in [0.3, 0.4) is 0 Å². The lowest BCUT2D eigenvalue weighted by atomic mass is 9.85. The van der Waals surface area contributed by atoms with Crippen LogP contribution in [0.4, 0.5) is 0 Å². The van der Waals surface area contributed by atoms with Gasteiger partial charge in [0.15, 0.2) is 0 Å². The van der Waals surface area contributed by atoms with Gasteiger partial charge >= 0.3 is 0 Å². The van der Waals surface area contributed by atoms with Gasteiger partial charge in [0.05, 0.1) is 19.3 Å². The molecule has 0 radical (unpaired) electrons. The molecule has 18 heavy (non-hydrogen) atoms. The predicted octanol–water partition coefficient (Wildman–Crippen LogP) is 1.06. The van der Waals surface area contributed by atoms with Gasteiger partial charge < -0.3 is 15.4 Å². The van der Waals surface area contributed by atoms with Crippen molar-refractivity contribution in [3.05, 3.63) is 0 Å². The second kappa shape index (κ2) is 4.82. The molecule has 0 aromatic carbocycles. The number of hydrogen-bond acceptors (Lipinski definition) is 3. The molecule has 1 amide bonds. The van der Waals surface area contributed by atoms with Crippen LogP contribution in [0, 0.1) is 11.3 Å². The fourth-order valence-electron chi connectivity index (χ4n) is 3.50. The lowest BCUT2D eigenvalue weighted by molar-refractivity contribution is -0.128. The fraction of sp³-hybridized carbons (Fsp3) is 0.929. The van der Waals surface area contributed by atoms with Crippen molar-refractivity contribution >= 4 is 5.91 Å². The molecule has 0 aromatic heterocycles. The maximum atomic E-state index is 12.2. The monoisotopic (exact) mass is 252 g/mol. The van der Waals surface area contributed by atoms with E-state index in [2.05, 4.69) is 17.6 Å². The van der Waals surface area contributed by atoms with Crippen molar-refractivity contribution in [1.82, 2.24) is 10.6 Å². The molecule has 2 saturated heterocycles. The van der Waals surface area contributed by atoms with E-state index in [9.17, 15) is 4.79 Å². The fourth-order valence-corrected chi connectivity index (χ4v) is 3.50. The molecule has 2 aliphatic heterocycles. The van der Waals surface area contributed by atoms with Crippen LogP contribution < -0.4 is 10.6 Å². The first kappa shape index (κ1) is 12.4. The Bertz CT molecular complexity index is 314. The maximum Gasteiger partial charge on any atom is 0.237 e. The zero-order chi connectivity index (χ0) is 12.6. The minimum absolute atomic E-state index is 0.0442. The van der Waals surface area contributed by atoms with Gasteiger partial charge in [-0.25, -0.2) is 0 Å². The van der Waals surface area contributed by atoms with Crippen molar-refractivity contribution < 1.29 is 9.53 Å². The predicted molar refractivity (Wildman–Crippen MR) is 69.2 cm³/mol. The van der Waals surface area contributed by atoms with Crippen molar-refractivity contribution in [3.63, 3.8) is 0 Å². The van der Waals surface area contributed by atoms with Gasteiger partial charge in [0, 0.05) is 18.0 Å². The van der Waals surface area contributed by atoms with Crippen LogP contribution >= 0.6 is 0 Å². The van der Waals surface area contributed by atoms with Gasteiger partial charge in [0.25, 0.3) is 0 Å². The molecule has 1 saturated carbocycles. The van der Waals surface area contributed by atoms with E-state index >= 15 is 0 Å². The summed E-state index contributed by atoms with van der Waals surface area (Å²) in [7, 11) is 0. The summed E-state index contributed by atoms with van der Waals surface area (Å²) < 4.78 is 5.21. The highest BCUT2D eigenvalue weighted by Crippen LogP contribution is 2.33. The average molecular weight is 252 g/mol. The molecule has 2 heterocycles. The highest BCUT2D eigenvalue weighted by Gasteiger charge is 2.39. The number of amides is 1. The van der Waals surface area contributed by atoms with Crippen molar-refractivity contribution in [3.8, 4) is 0 Å². The van der Waals surface area contributed by atoms with Gasteiger partial charge in [-0.05, 0) is 25.2 Å².